The standard InChI is InChI=1S/C13H11FN6/c1-8-6-9(2-3-10(8)14)11-17-12(15)19-13(18-11)20-5-4-16-7-20/h2-7H,1H3,(H2,15,17,18,19). The Morgan fingerprint density at radius 2 is 2.05 bits per heavy atom. The fourth-order valence-corrected chi connectivity index (χ4v) is 1.79. The molecule has 0 unspecified atom stereocenters. The van der Waals surface area contributed by atoms with Crippen molar-refractivity contribution < 1.29 is 4.39 Å². The van der Waals surface area contributed by atoms with Crippen molar-refractivity contribution in [1.29, 1.82) is 0 Å². The highest BCUT2D eigenvalue weighted by Gasteiger charge is 2.09. The molecule has 0 saturated carbocycles. The maximum atomic E-state index is 13.3. The lowest BCUT2D eigenvalue weighted by Crippen LogP contribution is -2.06. The van der Waals surface area contributed by atoms with Crippen LogP contribution in [0.15, 0.2) is 36.9 Å². The van der Waals surface area contributed by atoms with Gasteiger partial charge in [0.25, 0.3) is 0 Å². The lowest BCUT2D eigenvalue weighted by atomic mass is 10.1. The molecule has 0 fully saturated rings. The van der Waals surface area contributed by atoms with Gasteiger partial charge in [-0.25, -0.2) is 9.37 Å². The largest absolute Gasteiger partial charge is 0.368 e. The molecule has 0 bridgehead atoms. The van der Waals surface area contributed by atoms with E-state index in [0.29, 0.717) is 22.9 Å². The number of rotatable bonds is 2. The fourth-order valence-electron chi connectivity index (χ4n) is 1.79. The molecule has 2 N–H and O–H groups in total. The summed E-state index contributed by atoms with van der Waals surface area (Å²) in [5, 5.41) is 0. The summed E-state index contributed by atoms with van der Waals surface area (Å²) in [5.41, 5.74) is 6.90. The van der Waals surface area contributed by atoms with E-state index in [4.69, 9.17) is 5.73 Å². The normalized spacial score (nSPS) is 10.7. The predicted octanol–water partition coefficient (Wildman–Crippen LogP) is 1.75. The van der Waals surface area contributed by atoms with Crippen LogP contribution in [0.2, 0.25) is 0 Å². The summed E-state index contributed by atoms with van der Waals surface area (Å²) in [4.78, 5) is 16.4. The molecule has 20 heavy (non-hydrogen) atoms. The Kier molecular flexibility index (Phi) is 2.86. The van der Waals surface area contributed by atoms with E-state index < -0.39 is 0 Å². The number of nitrogens with zero attached hydrogens (tertiary/aromatic N) is 5. The number of hydrogen-bond donors (Lipinski definition) is 1. The molecule has 0 atom stereocenters. The summed E-state index contributed by atoms with van der Waals surface area (Å²) in [6, 6.07) is 4.65. The number of anilines is 1. The lowest BCUT2D eigenvalue weighted by molar-refractivity contribution is 0.618. The van der Waals surface area contributed by atoms with Crippen LogP contribution in [0.3, 0.4) is 0 Å². The number of halogens is 1. The van der Waals surface area contributed by atoms with Gasteiger partial charge in [0, 0.05) is 18.0 Å². The Labute approximate surface area is 114 Å². The summed E-state index contributed by atoms with van der Waals surface area (Å²) >= 11 is 0. The van der Waals surface area contributed by atoms with Crippen molar-refractivity contribution in [3.05, 3.63) is 48.3 Å². The van der Waals surface area contributed by atoms with Crippen LogP contribution in [0.1, 0.15) is 5.56 Å². The molecule has 0 radical (unpaired) electrons. The Hall–Kier alpha value is -2.83. The first kappa shape index (κ1) is 12.2. The predicted molar refractivity (Wildman–Crippen MR) is 71.5 cm³/mol. The molecule has 6 nitrogen and oxygen atoms in total. The highest BCUT2D eigenvalue weighted by atomic mass is 19.1. The van der Waals surface area contributed by atoms with Gasteiger partial charge >= 0.3 is 0 Å². The molecule has 7 heteroatoms. The molecular formula is C13H11FN6. The number of nitrogens with two attached hydrogens (primary N) is 1. The van der Waals surface area contributed by atoms with E-state index in [9.17, 15) is 4.39 Å². The molecule has 0 aliphatic carbocycles. The third-order valence-electron chi connectivity index (χ3n) is 2.79. The zero-order valence-electron chi connectivity index (χ0n) is 10.7. The van der Waals surface area contributed by atoms with Crippen molar-refractivity contribution in [1.82, 2.24) is 24.5 Å². The van der Waals surface area contributed by atoms with Crippen molar-refractivity contribution in [3.63, 3.8) is 0 Å². The second kappa shape index (κ2) is 4.69. The molecule has 0 amide bonds. The summed E-state index contributed by atoms with van der Waals surface area (Å²) in [7, 11) is 0. The van der Waals surface area contributed by atoms with Crippen molar-refractivity contribution in [2.24, 2.45) is 0 Å². The van der Waals surface area contributed by atoms with Crippen LogP contribution < -0.4 is 5.73 Å². The van der Waals surface area contributed by atoms with Crippen LogP contribution in [0.5, 0.6) is 0 Å². The third kappa shape index (κ3) is 2.20. The topological polar surface area (TPSA) is 82.5 Å². The van der Waals surface area contributed by atoms with Crippen LogP contribution in [0.4, 0.5) is 10.3 Å². The molecule has 0 spiro atoms. The second-order valence-corrected chi connectivity index (χ2v) is 4.25. The van der Waals surface area contributed by atoms with Crippen molar-refractivity contribution in [2.75, 3.05) is 5.73 Å². The van der Waals surface area contributed by atoms with E-state index in [0.717, 1.165) is 0 Å². The smallest absolute Gasteiger partial charge is 0.240 e. The highest BCUT2D eigenvalue weighted by Crippen LogP contribution is 2.19. The molecule has 0 aliphatic rings. The Bertz CT molecular complexity index is 754. The monoisotopic (exact) mass is 270 g/mol. The summed E-state index contributed by atoms with van der Waals surface area (Å²) in [5.74, 6) is 0.586. The van der Waals surface area contributed by atoms with Gasteiger partial charge in [-0.1, -0.05) is 0 Å². The summed E-state index contributed by atoms with van der Waals surface area (Å²) in [6.07, 6.45) is 4.88. The lowest BCUT2D eigenvalue weighted by Gasteiger charge is -2.06. The molecular weight excluding hydrogens is 259 g/mol. The van der Waals surface area contributed by atoms with Crippen molar-refractivity contribution in [2.45, 2.75) is 6.92 Å². The maximum Gasteiger partial charge on any atom is 0.240 e. The maximum absolute atomic E-state index is 13.3. The van der Waals surface area contributed by atoms with E-state index in [2.05, 4.69) is 19.9 Å². The van der Waals surface area contributed by atoms with Gasteiger partial charge in [0.05, 0.1) is 0 Å². The average Bonchev–Trinajstić information content (AvgIpc) is 2.95. The first-order valence-corrected chi connectivity index (χ1v) is 5.90. The van der Waals surface area contributed by atoms with E-state index in [1.54, 1.807) is 42.3 Å². The zero-order valence-corrected chi connectivity index (χ0v) is 10.7. The molecule has 3 rings (SSSR count). The first-order chi connectivity index (χ1) is 9.63. The number of aromatic nitrogens is 5. The number of hydrogen-bond acceptors (Lipinski definition) is 5. The van der Waals surface area contributed by atoms with Crippen LogP contribution in [-0.2, 0) is 0 Å². The molecule has 2 heterocycles. The van der Waals surface area contributed by atoms with Gasteiger partial charge in [-0.15, -0.1) is 0 Å². The number of nitrogen functional groups attached to an aromatic ring is 1. The molecule has 0 aliphatic heterocycles. The van der Waals surface area contributed by atoms with E-state index in [-0.39, 0.29) is 11.8 Å². The van der Waals surface area contributed by atoms with Crippen LogP contribution >= 0.6 is 0 Å². The van der Waals surface area contributed by atoms with E-state index >= 15 is 0 Å². The van der Waals surface area contributed by atoms with Crippen molar-refractivity contribution in [3.8, 4) is 17.3 Å². The van der Waals surface area contributed by atoms with Crippen LogP contribution in [0.25, 0.3) is 17.3 Å². The quantitative estimate of drug-likeness (QED) is 0.767. The first-order valence-electron chi connectivity index (χ1n) is 5.90. The van der Waals surface area contributed by atoms with Gasteiger partial charge < -0.3 is 5.73 Å². The minimum Gasteiger partial charge on any atom is -0.368 e. The number of benzene rings is 1. The molecule has 0 saturated heterocycles. The highest BCUT2D eigenvalue weighted by molar-refractivity contribution is 5.57. The number of imidazole rings is 1. The second-order valence-electron chi connectivity index (χ2n) is 4.25. The van der Waals surface area contributed by atoms with Crippen molar-refractivity contribution >= 4 is 5.95 Å². The average molecular weight is 270 g/mol. The Morgan fingerprint density at radius 3 is 2.75 bits per heavy atom. The third-order valence-corrected chi connectivity index (χ3v) is 2.79. The van der Waals surface area contributed by atoms with Crippen LogP contribution in [-0.4, -0.2) is 24.5 Å². The van der Waals surface area contributed by atoms with Gasteiger partial charge in [-0.2, -0.15) is 15.0 Å². The van der Waals surface area contributed by atoms with Gasteiger partial charge in [-0.3, -0.25) is 4.57 Å². The molecule has 2 aromatic heterocycles. The van der Waals surface area contributed by atoms with E-state index in [1.807, 2.05) is 0 Å². The number of aryl methyl sites for hydroxylation is 1. The summed E-state index contributed by atoms with van der Waals surface area (Å²) < 4.78 is 14.9. The van der Waals surface area contributed by atoms with Gasteiger partial charge in [0.15, 0.2) is 5.82 Å². The Balaban J connectivity index is 2.12. The summed E-state index contributed by atoms with van der Waals surface area (Å²) in [6.45, 7) is 1.68. The van der Waals surface area contributed by atoms with Gasteiger partial charge in [0.2, 0.25) is 11.9 Å². The zero-order chi connectivity index (χ0) is 14.1. The SMILES string of the molecule is Cc1cc(-c2nc(N)nc(-n3ccnc3)n2)ccc1F. The molecule has 3 aromatic rings. The minimum atomic E-state index is -0.273. The Morgan fingerprint density at radius 1 is 1.20 bits per heavy atom. The minimum absolute atomic E-state index is 0.0979. The van der Waals surface area contributed by atoms with Crippen LogP contribution in [0, 0.1) is 12.7 Å². The molecule has 1 aromatic carbocycles. The molecule has 100 valence electrons. The van der Waals surface area contributed by atoms with Gasteiger partial charge in [0.1, 0.15) is 12.1 Å². The van der Waals surface area contributed by atoms with E-state index in [1.165, 1.54) is 6.07 Å². The fraction of sp³-hybridized carbons (Fsp3) is 0.0769. The van der Waals surface area contributed by atoms with Gasteiger partial charge in [-0.05, 0) is 30.7 Å².